The van der Waals surface area contributed by atoms with Gasteiger partial charge < -0.3 is 15.3 Å². The lowest BCUT2D eigenvalue weighted by Crippen LogP contribution is -2.43. The van der Waals surface area contributed by atoms with E-state index in [0.717, 1.165) is 38.3 Å². The highest BCUT2D eigenvalue weighted by atomic mass is 16.4. The van der Waals surface area contributed by atoms with Crippen LogP contribution in [0.4, 0.5) is 5.69 Å². The van der Waals surface area contributed by atoms with Crippen LogP contribution in [0.5, 0.6) is 0 Å². The first kappa shape index (κ1) is 19.4. The molecule has 1 saturated heterocycles. The van der Waals surface area contributed by atoms with E-state index in [0.29, 0.717) is 5.69 Å². The van der Waals surface area contributed by atoms with Crippen LogP contribution in [0.25, 0.3) is 0 Å². The highest BCUT2D eigenvalue weighted by molar-refractivity contribution is 6.08. The fraction of sp³-hybridized carbons (Fsp3) is 0.579. The Morgan fingerprint density at radius 1 is 1.16 bits per heavy atom. The lowest BCUT2D eigenvalue weighted by Gasteiger charge is -2.32. The van der Waals surface area contributed by atoms with Gasteiger partial charge in [-0.2, -0.15) is 0 Å². The molecule has 1 aromatic carbocycles. The summed E-state index contributed by atoms with van der Waals surface area (Å²) in [6.07, 6.45) is 0.539. The summed E-state index contributed by atoms with van der Waals surface area (Å²) in [6.45, 7) is 8.49. The fourth-order valence-electron chi connectivity index (χ4n) is 3.23. The summed E-state index contributed by atoms with van der Waals surface area (Å²) in [7, 11) is 2.13. The first-order valence-corrected chi connectivity index (χ1v) is 8.96. The van der Waals surface area contributed by atoms with Gasteiger partial charge in [0.2, 0.25) is 5.91 Å². The number of piperazine rings is 1. The van der Waals surface area contributed by atoms with E-state index in [1.165, 1.54) is 0 Å². The van der Waals surface area contributed by atoms with Crippen LogP contribution in [0.2, 0.25) is 0 Å². The highest BCUT2D eigenvalue weighted by Gasteiger charge is 2.42. The van der Waals surface area contributed by atoms with Gasteiger partial charge in [0, 0.05) is 38.4 Å². The van der Waals surface area contributed by atoms with Gasteiger partial charge >= 0.3 is 5.97 Å². The van der Waals surface area contributed by atoms with Crippen molar-refractivity contribution in [1.29, 1.82) is 0 Å². The second-order valence-corrected chi connectivity index (χ2v) is 6.83. The summed E-state index contributed by atoms with van der Waals surface area (Å²) in [6, 6.07) is 7.69. The Hall–Kier alpha value is -1.92. The molecular formula is C19H29N3O3. The topological polar surface area (TPSA) is 72.9 Å². The van der Waals surface area contributed by atoms with Crippen molar-refractivity contribution in [3.8, 4) is 0 Å². The first-order chi connectivity index (χ1) is 11.9. The van der Waals surface area contributed by atoms with E-state index in [9.17, 15) is 14.7 Å². The third-order valence-electron chi connectivity index (χ3n) is 5.24. The summed E-state index contributed by atoms with van der Waals surface area (Å²) in [5.41, 5.74) is 0.411. The standard InChI is InChI=1S/C19H29N3O3/c1-4-19(5-2,18(24)25)17(23)20-16-8-6-7-15(13-16)14-22-11-9-21(3)10-12-22/h6-8,13H,4-5,9-12,14H2,1-3H3,(H,20,23)(H,24,25). The predicted molar refractivity (Wildman–Crippen MR) is 98.5 cm³/mol. The zero-order valence-corrected chi connectivity index (χ0v) is 15.4. The minimum atomic E-state index is -1.37. The van der Waals surface area contributed by atoms with Crippen molar-refractivity contribution < 1.29 is 14.7 Å². The molecule has 1 aromatic rings. The van der Waals surface area contributed by atoms with Gasteiger partial charge in [-0.1, -0.05) is 26.0 Å². The lowest BCUT2D eigenvalue weighted by atomic mass is 9.81. The molecule has 6 heteroatoms. The smallest absolute Gasteiger partial charge is 0.319 e. The molecule has 0 bridgehead atoms. The van der Waals surface area contributed by atoms with Gasteiger partial charge in [-0.3, -0.25) is 14.5 Å². The molecule has 0 unspecified atom stereocenters. The SMILES string of the molecule is CCC(CC)(C(=O)O)C(=O)Nc1cccc(CN2CCN(C)CC2)c1. The maximum absolute atomic E-state index is 12.6. The van der Waals surface area contributed by atoms with Gasteiger partial charge in [0.1, 0.15) is 5.41 Å². The average molecular weight is 347 g/mol. The van der Waals surface area contributed by atoms with Crippen molar-refractivity contribution in [3.05, 3.63) is 29.8 Å². The van der Waals surface area contributed by atoms with E-state index in [4.69, 9.17) is 0 Å². The number of carbonyl (C=O) groups is 2. The second-order valence-electron chi connectivity index (χ2n) is 6.83. The van der Waals surface area contributed by atoms with Gasteiger partial charge in [0.25, 0.3) is 0 Å². The minimum absolute atomic E-state index is 0.269. The van der Waals surface area contributed by atoms with Gasteiger partial charge in [0.05, 0.1) is 0 Å². The molecule has 1 fully saturated rings. The number of benzene rings is 1. The molecule has 1 amide bonds. The molecular weight excluding hydrogens is 318 g/mol. The van der Waals surface area contributed by atoms with E-state index in [2.05, 4.69) is 22.2 Å². The first-order valence-electron chi connectivity index (χ1n) is 8.96. The Bertz CT molecular complexity index is 606. The molecule has 2 rings (SSSR count). The van der Waals surface area contributed by atoms with Crippen LogP contribution in [0.3, 0.4) is 0 Å². The zero-order valence-electron chi connectivity index (χ0n) is 15.4. The highest BCUT2D eigenvalue weighted by Crippen LogP contribution is 2.29. The Morgan fingerprint density at radius 3 is 2.36 bits per heavy atom. The largest absolute Gasteiger partial charge is 0.480 e. The summed E-state index contributed by atoms with van der Waals surface area (Å²) in [5, 5.41) is 12.3. The van der Waals surface area contributed by atoms with E-state index in [1.54, 1.807) is 13.8 Å². The molecule has 2 N–H and O–H groups in total. The van der Waals surface area contributed by atoms with Crippen LogP contribution in [0.1, 0.15) is 32.3 Å². The molecule has 0 aromatic heterocycles. The zero-order chi connectivity index (χ0) is 18.4. The Labute approximate surface area is 149 Å². The maximum Gasteiger partial charge on any atom is 0.319 e. The number of hydrogen-bond donors (Lipinski definition) is 2. The minimum Gasteiger partial charge on any atom is -0.480 e. The molecule has 1 heterocycles. The van der Waals surface area contributed by atoms with Crippen molar-refractivity contribution in [2.45, 2.75) is 33.2 Å². The van der Waals surface area contributed by atoms with Gasteiger partial charge in [0.15, 0.2) is 0 Å². The molecule has 6 nitrogen and oxygen atoms in total. The molecule has 0 aliphatic carbocycles. The quantitative estimate of drug-likeness (QED) is 0.740. The summed E-state index contributed by atoms with van der Waals surface area (Å²) < 4.78 is 0. The summed E-state index contributed by atoms with van der Waals surface area (Å²) in [5.74, 6) is -1.51. The van der Waals surface area contributed by atoms with Crippen molar-refractivity contribution in [2.75, 3.05) is 38.5 Å². The monoisotopic (exact) mass is 347 g/mol. The number of carboxylic acids is 1. The number of anilines is 1. The molecule has 0 spiro atoms. The fourth-order valence-corrected chi connectivity index (χ4v) is 3.23. The van der Waals surface area contributed by atoms with Gasteiger partial charge in [-0.15, -0.1) is 0 Å². The van der Waals surface area contributed by atoms with Crippen molar-refractivity contribution in [2.24, 2.45) is 5.41 Å². The van der Waals surface area contributed by atoms with Gasteiger partial charge in [-0.25, -0.2) is 0 Å². The number of nitrogens with one attached hydrogen (secondary N) is 1. The number of aliphatic carboxylic acids is 1. The van der Waals surface area contributed by atoms with Crippen LogP contribution in [-0.4, -0.2) is 60.0 Å². The number of carboxylic acid groups (broad SMARTS) is 1. The molecule has 138 valence electrons. The lowest BCUT2D eigenvalue weighted by molar-refractivity contribution is -0.154. The summed E-state index contributed by atoms with van der Waals surface area (Å²) in [4.78, 5) is 28.9. The third-order valence-corrected chi connectivity index (χ3v) is 5.24. The predicted octanol–water partition coefficient (Wildman–Crippen LogP) is 2.26. The van der Waals surface area contributed by atoms with Crippen LogP contribution in [-0.2, 0) is 16.1 Å². The molecule has 1 aliphatic heterocycles. The number of nitrogens with zero attached hydrogens (tertiary/aromatic N) is 2. The van der Waals surface area contributed by atoms with Crippen molar-refractivity contribution in [3.63, 3.8) is 0 Å². The van der Waals surface area contributed by atoms with E-state index in [-0.39, 0.29) is 12.8 Å². The molecule has 1 aliphatic rings. The van der Waals surface area contributed by atoms with Crippen molar-refractivity contribution in [1.82, 2.24) is 9.80 Å². The van der Waals surface area contributed by atoms with E-state index >= 15 is 0 Å². The Kier molecular flexibility index (Phi) is 6.56. The Morgan fingerprint density at radius 2 is 1.80 bits per heavy atom. The van der Waals surface area contributed by atoms with Crippen LogP contribution >= 0.6 is 0 Å². The third kappa shape index (κ3) is 4.58. The molecule has 25 heavy (non-hydrogen) atoms. The van der Waals surface area contributed by atoms with Crippen LogP contribution in [0, 0.1) is 5.41 Å². The van der Waals surface area contributed by atoms with E-state index < -0.39 is 17.3 Å². The molecule has 0 saturated carbocycles. The van der Waals surface area contributed by atoms with Gasteiger partial charge in [-0.05, 0) is 37.6 Å². The number of rotatable bonds is 7. The molecule has 0 atom stereocenters. The second kappa shape index (κ2) is 8.45. The summed E-state index contributed by atoms with van der Waals surface area (Å²) >= 11 is 0. The normalized spacial score (nSPS) is 16.6. The maximum atomic E-state index is 12.6. The van der Waals surface area contributed by atoms with Crippen LogP contribution in [0.15, 0.2) is 24.3 Å². The number of amides is 1. The molecule has 0 radical (unpaired) electrons. The number of carbonyl (C=O) groups excluding carboxylic acids is 1. The number of likely N-dealkylation sites (N-methyl/N-ethyl adjacent to an activating group) is 1. The van der Waals surface area contributed by atoms with E-state index in [1.807, 2.05) is 24.3 Å². The van der Waals surface area contributed by atoms with Crippen LogP contribution < -0.4 is 5.32 Å². The average Bonchev–Trinajstić information content (AvgIpc) is 2.58. The Balaban J connectivity index is 2.05. The van der Waals surface area contributed by atoms with Crippen molar-refractivity contribution >= 4 is 17.6 Å². The number of hydrogen-bond acceptors (Lipinski definition) is 4.